The molecule has 5 aromatic rings. The highest BCUT2D eigenvalue weighted by Crippen LogP contribution is 2.29. The molecule has 4 aromatic heterocycles. The van der Waals surface area contributed by atoms with Crippen molar-refractivity contribution in [2.75, 3.05) is 12.3 Å². The number of imidazole rings is 1. The van der Waals surface area contributed by atoms with Crippen LogP contribution in [-0.2, 0) is 6.54 Å². The minimum atomic E-state index is -0.488. The molecular weight excluding hydrogens is 440 g/mol. The molecule has 0 aliphatic carbocycles. The molecule has 0 amide bonds. The van der Waals surface area contributed by atoms with Crippen molar-refractivity contribution in [2.45, 2.75) is 13.5 Å². The van der Waals surface area contributed by atoms with Gasteiger partial charge in [-0.05, 0) is 30.2 Å². The van der Waals surface area contributed by atoms with Crippen LogP contribution in [-0.4, -0.2) is 36.1 Å². The highest BCUT2D eigenvalue weighted by atomic mass is 19.1. The molecule has 0 bridgehead atoms. The lowest BCUT2D eigenvalue weighted by atomic mass is 10.1. The number of nitrogen functional groups attached to an aromatic ring is 1. The first-order valence-corrected chi connectivity index (χ1v) is 10.5. The normalized spacial score (nSPS) is 11.1. The van der Waals surface area contributed by atoms with E-state index >= 15 is 0 Å². The minimum absolute atomic E-state index is 0.131. The van der Waals surface area contributed by atoms with Gasteiger partial charge in [0.1, 0.15) is 17.5 Å². The van der Waals surface area contributed by atoms with E-state index in [2.05, 4.69) is 24.9 Å². The van der Waals surface area contributed by atoms with Gasteiger partial charge in [0.05, 0.1) is 25.5 Å². The van der Waals surface area contributed by atoms with Crippen molar-refractivity contribution < 1.29 is 13.5 Å². The summed E-state index contributed by atoms with van der Waals surface area (Å²) in [5, 5.41) is 0. The first-order valence-electron chi connectivity index (χ1n) is 10.5. The molecule has 0 saturated carbocycles. The van der Waals surface area contributed by atoms with Gasteiger partial charge in [0.25, 0.3) is 0 Å². The maximum atomic E-state index is 13.9. The molecule has 4 heterocycles. The van der Waals surface area contributed by atoms with Gasteiger partial charge < -0.3 is 15.0 Å². The summed E-state index contributed by atoms with van der Waals surface area (Å²) in [6.07, 6.45) is 5.41. The zero-order chi connectivity index (χ0) is 23.7. The van der Waals surface area contributed by atoms with Crippen LogP contribution in [0.1, 0.15) is 12.5 Å². The van der Waals surface area contributed by atoms with Crippen molar-refractivity contribution in [3.05, 3.63) is 78.4 Å². The Balaban J connectivity index is 1.60. The molecule has 5 rings (SSSR count). The number of hydrogen-bond acceptors (Lipinski definition) is 7. The fourth-order valence-electron chi connectivity index (χ4n) is 3.65. The lowest BCUT2D eigenvalue weighted by Crippen LogP contribution is -2.06. The van der Waals surface area contributed by atoms with Gasteiger partial charge in [-0.3, -0.25) is 9.97 Å². The van der Waals surface area contributed by atoms with E-state index in [0.29, 0.717) is 41.3 Å². The third-order valence-corrected chi connectivity index (χ3v) is 5.17. The number of rotatable bonds is 6. The molecule has 34 heavy (non-hydrogen) atoms. The average molecular weight is 459 g/mol. The molecule has 0 atom stereocenters. The summed E-state index contributed by atoms with van der Waals surface area (Å²) in [7, 11) is 0. The summed E-state index contributed by atoms with van der Waals surface area (Å²) in [5.74, 6) is -0.290. The molecule has 8 nitrogen and oxygen atoms in total. The van der Waals surface area contributed by atoms with Gasteiger partial charge >= 0.3 is 6.01 Å². The number of halogens is 2. The van der Waals surface area contributed by atoms with Crippen LogP contribution in [0.2, 0.25) is 0 Å². The standard InChI is InChI=1S/C24H19F2N7O/c1-2-34-24-31-21(27)20-23(32-24)33(22(30-20)17-8-19(26)12-29-10-17)13-14-3-5-15(6-4-14)16-7-18(25)11-28-9-16/h3-12H,2,13H2,1H3,(H2,27,31,32). The van der Waals surface area contributed by atoms with Crippen molar-refractivity contribution in [3.63, 3.8) is 0 Å². The molecule has 0 fully saturated rings. The van der Waals surface area contributed by atoms with Gasteiger partial charge in [-0.1, -0.05) is 24.3 Å². The van der Waals surface area contributed by atoms with Gasteiger partial charge in [-0.15, -0.1) is 0 Å². The van der Waals surface area contributed by atoms with E-state index in [1.54, 1.807) is 6.20 Å². The fourth-order valence-corrected chi connectivity index (χ4v) is 3.65. The van der Waals surface area contributed by atoms with Crippen LogP contribution in [0.25, 0.3) is 33.7 Å². The number of hydrogen-bond donors (Lipinski definition) is 1. The van der Waals surface area contributed by atoms with Crippen LogP contribution in [0.15, 0.2) is 61.2 Å². The Kier molecular flexibility index (Phi) is 5.54. The van der Waals surface area contributed by atoms with E-state index in [1.165, 1.54) is 18.3 Å². The van der Waals surface area contributed by atoms with Crippen molar-refractivity contribution in [3.8, 4) is 28.5 Å². The lowest BCUT2D eigenvalue weighted by Gasteiger charge is -2.11. The lowest BCUT2D eigenvalue weighted by molar-refractivity contribution is 0.314. The molecule has 0 radical (unpaired) electrons. The SMILES string of the molecule is CCOc1nc(N)c2nc(-c3cncc(F)c3)n(Cc3ccc(-c4cncc(F)c4)cc3)c2n1. The van der Waals surface area contributed by atoms with Crippen LogP contribution in [0.5, 0.6) is 6.01 Å². The van der Waals surface area contributed by atoms with Crippen LogP contribution in [0.4, 0.5) is 14.6 Å². The number of nitrogens with zero attached hydrogens (tertiary/aromatic N) is 6. The van der Waals surface area contributed by atoms with Crippen LogP contribution >= 0.6 is 0 Å². The highest BCUT2D eigenvalue weighted by Gasteiger charge is 2.19. The number of fused-ring (bicyclic) bond motifs is 1. The molecule has 0 aliphatic rings. The second-order valence-corrected chi connectivity index (χ2v) is 7.50. The van der Waals surface area contributed by atoms with Gasteiger partial charge in [0.15, 0.2) is 17.0 Å². The maximum Gasteiger partial charge on any atom is 0.320 e. The number of benzene rings is 1. The zero-order valence-corrected chi connectivity index (χ0v) is 18.1. The van der Waals surface area contributed by atoms with Gasteiger partial charge in [-0.25, -0.2) is 13.8 Å². The first-order chi connectivity index (χ1) is 16.5. The van der Waals surface area contributed by atoms with Crippen LogP contribution in [0, 0.1) is 11.6 Å². The number of nitrogens with two attached hydrogens (primary N) is 1. The van der Waals surface area contributed by atoms with E-state index < -0.39 is 11.6 Å². The first kappa shape index (κ1) is 21.4. The molecule has 0 unspecified atom stereocenters. The summed E-state index contributed by atoms with van der Waals surface area (Å²) in [6.45, 7) is 2.54. The summed E-state index contributed by atoms with van der Waals surface area (Å²) in [4.78, 5) is 21.1. The van der Waals surface area contributed by atoms with Crippen LogP contribution < -0.4 is 10.5 Å². The molecule has 0 aliphatic heterocycles. The summed E-state index contributed by atoms with van der Waals surface area (Å²) in [6, 6.07) is 10.5. The number of pyridine rings is 2. The van der Waals surface area contributed by atoms with Crippen molar-refractivity contribution in [2.24, 2.45) is 0 Å². The fraction of sp³-hybridized carbons (Fsp3) is 0.125. The monoisotopic (exact) mass is 459 g/mol. The van der Waals surface area contributed by atoms with Gasteiger partial charge in [0, 0.05) is 23.5 Å². The van der Waals surface area contributed by atoms with Crippen molar-refractivity contribution in [1.29, 1.82) is 0 Å². The Morgan fingerprint density at radius 3 is 2.21 bits per heavy atom. The zero-order valence-electron chi connectivity index (χ0n) is 18.1. The summed E-state index contributed by atoms with van der Waals surface area (Å²) < 4.78 is 34.8. The van der Waals surface area contributed by atoms with E-state index in [9.17, 15) is 8.78 Å². The molecule has 0 saturated heterocycles. The largest absolute Gasteiger partial charge is 0.464 e. The molecule has 170 valence electrons. The molecule has 10 heteroatoms. The summed E-state index contributed by atoms with van der Waals surface area (Å²) >= 11 is 0. The number of anilines is 1. The highest BCUT2D eigenvalue weighted by molar-refractivity contribution is 5.86. The second kappa shape index (κ2) is 8.81. The smallest absolute Gasteiger partial charge is 0.320 e. The predicted octanol–water partition coefficient (Wildman–Crippen LogP) is 4.26. The number of ether oxygens (including phenoxy) is 1. The molecular formula is C24H19F2N7O. The van der Waals surface area contributed by atoms with Gasteiger partial charge in [-0.2, -0.15) is 9.97 Å². The number of aromatic nitrogens is 6. The Morgan fingerprint density at radius 2 is 1.53 bits per heavy atom. The third kappa shape index (κ3) is 4.13. The Labute approximate surface area is 193 Å². The maximum absolute atomic E-state index is 13.9. The van der Waals surface area contributed by atoms with Crippen LogP contribution in [0.3, 0.4) is 0 Å². The molecule has 2 N–H and O–H groups in total. The third-order valence-electron chi connectivity index (χ3n) is 5.17. The van der Waals surface area contributed by atoms with Crippen molar-refractivity contribution in [1.82, 2.24) is 29.5 Å². The van der Waals surface area contributed by atoms with Crippen molar-refractivity contribution >= 4 is 17.0 Å². The average Bonchev–Trinajstić information content (AvgIpc) is 3.19. The van der Waals surface area contributed by atoms with E-state index in [-0.39, 0.29) is 11.8 Å². The van der Waals surface area contributed by atoms with Gasteiger partial charge in [0.2, 0.25) is 0 Å². The predicted molar refractivity (Wildman–Crippen MR) is 123 cm³/mol. The van der Waals surface area contributed by atoms with E-state index in [4.69, 9.17) is 10.5 Å². The Morgan fingerprint density at radius 1 is 0.853 bits per heavy atom. The quantitative estimate of drug-likeness (QED) is 0.405. The topological polar surface area (TPSA) is 105 Å². The molecule has 1 aromatic carbocycles. The Hall–Kier alpha value is -4.47. The van der Waals surface area contributed by atoms with E-state index in [0.717, 1.165) is 23.5 Å². The minimum Gasteiger partial charge on any atom is -0.464 e. The summed E-state index contributed by atoms with van der Waals surface area (Å²) in [5.41, 5.74) is 9.85. The second-order valence-electron chi connectivity index (χ2n) is 7.50. The Bertz CT molecular complexity index is 1490. The van der Waals surface area contributed by atoms with E-state index in [1.807, 2.05) is 35.8 Å². The molecule has 0 spiro atoms.